The van der Waals surface area contributed by atoms with Crippen LogP contribution in [0.2, 0.25) is 0 Å². The molecular formula is C14H14N4OS. The van der Waals surface area contributed by atoms with Gasteiger partial charge in [-0.1, -0.05) is 41.7 Å². The predicted octanol–water partition coefficient (Wildman–Crippen LogP) is 2.28. The molecule has 1 aromatic carbocycles. The molecule has 0 spiro atoms. The van der Waals surface area contributed by atoms with Crippen LogP contribution in [-0.4, -0.2) is 33.0 Å². The van der Waals surface area contributed by atoms with Crippen molar-refractivity contribution in [2.45, 2.75) is 18.8 Å². The number of fused-ring (bicyclic) bond motifs is 1. The maximum Gasteiger partial charge on any atom is 0.234 e. The molecule has 1 aliphatic heterocycles. The highest BCUT2D eigenvalue weighted by atomic mass is 32.1. The molecule has 0 aliphatic carbocycles. The summed E-state index contributed by atoms with van der Waals surface area (Å²) in [5.74, 6) is 1.32. The second kappa shape index (κ2) is 4.96. The normalized spacial score (nSPS) is 18.9. The van der Waals surface area contributed by atoms with Crippen molar-refractivity contribution in [3.8, 4) is 0 Å². The average molecular weight is 286 g/mol. The Morgan fingerprint density at radius 3 is 2.95 bits per heavy atom. The third-order valence-electron chi connectivity index (χ3n) is 3.56. The lowest BCUT2D eigenvalue weighted by molar-refractivity contribution is 0.193. The van der Waals surface area contributed by atoms with Crippen LogP contribution in [0.25, 0.3) is 4.96 Å². The van der Waals surface area contributed by atoms with Crippen LogP contribution in [0.5, 0.6) is 0 Å². The van der Waals surface area contributed by atoms with Crippen molar-refractivity contribution in [2.75, 3.05) is 13.2 Å². The summed E-state index contributed by atoms with van der Waals surface area (Å²) in [6.45, 7) is 1.61. The van der Waals surface area contributed by atoms with Crippen molar-refractivity contribution in [1.29, 1.82) is 0 Å². The van der Waals surface area contributed by atoms with E-state index in [1.807, 2.05) is 22.7 Å². The van der Waals surface area contributed by atoms with Crippen LogP contribution in [0.3, 0.4) is 0 Å². The van der Waals surface area contributed by atoms with Crippen molar-refractivity contribution in [3.05, 3.63) is 46.7 Å². The summed E-state index contributed by atoms with van der Waals surface area (Å²) in [5, 5.41) is 14.3. The van der Waals surface area contributed by atoms with Crippen LogP contribution in [0, 0.1) is 0 Å². The Hall–Kier alpha value is -1.79. The first kappa shape index (κ1) is 12.0. The lowest BCUT2D eigenvalue weighted by Crippen LogP contribution is -2.01. The summed E-state index contributed by atoms with van der Waals surface area (Å²) in [4.78, 5) is 0.873. The highest BCUT2D eigenvalue weighted by Gasteiger charge is 2.23. The molecule has 0 unspecified atom stereocenters. The topological polar surface area (TPSA) is 52.3 Å². The molecule has 1 saturated heterocycles. The van der Waals surface area contributed by atoms with Crippen molar-refractivity contribution >= 4 is 16.3 Å². The monoisotopic (exact) mass is 286 g/mol. The largest absolute Gasteiger partial charge is 0.381 e. The molecule has 2 aromatic heterocycles. The van der Waals surface area contributed by atoms with E-state index in [1.165, 1.54) is 5.56 Å². The summed E-state index contributed by atoms with van der Waals surface area (Å²) in [7, 11) is 0. The van der Waals surface area contributed by atoms with Gasteiger partial charge in [-0.25, -0.2) is 0 Å². The molecule has 20 heavy (non-hydrogen) atoms. The summed E-state index contributed by atoms with van der Waals surface area (Å²) in [6, 6.07) is 10.3. The van der Waals surface area contributed by atoms with Crippen LogP contribution in [0.4, 0.5) is 0 Å². The summed E-state index contributed by atoms with van der Waals surface area (Å²) in [5.41, 5.74) is 1.22. The van der Waals surface area contributed by atoms with Crippen molar-refractivity contribution in [3.63, 3.8) is 0 Å². The standard InChI is InChI=1S/C14H14N4OS/c1-2-4-10(5-3-1)8-12-15-16-14-18(12)17-13(20-14)11-6-7-19-9-11/h1-5,11H,6-9H2/t11-/m0/s1. The Morgan fingerprint density at radius 2 is 2.15 bits per heavy atom. The van der Waals surface area contributed by atoms with E-state index in [1.54, 1.807) is 11.3 Å². The zero-order valence-electron chi connectivity index (χ0n) is 10.9. The summed E-state index contributed by atoms with van der Waals surface area (Å²) < 4.78 is 7.31. The van der Waals surface area contributed by atoms with Gasteiger partial charge >= 0.3 is 0 Å². The fourth-order valence-corrected chi connectivity index (χ4v) is 3.43. The molecule has 0 amide bonds. The third-order valence-corrected chi connectivity index (χ3v) is 4.62. The first-order valence-electron chi connectivity index (χ1n) is 6.73. The van der Waals surface area contributed by atoms with Gasteiger partial charge in [0.25, 0.3) is 0 Å². The van der Waals surface area contributed by atoms with E-state index >= 15 is 0 Å². The van der Waals surface area contributed by atoms with Gasteiger partial charge in [0.15, 0.2) is 5.82 Å². The number of benzene rings is 1. The van der Waals surface area contributed by atoms with Crippen LogP contribution < -0.4 is 0 Å². The van der Waals surface area contributed by atoms with Gasteiger partial charge in [0.05, 0.1) is 6.61 Å². The Kier molecular flexibility index (Phi) is 2.97. The van der Waals surface area contributed by atoms with Crippen LogP contribution in [0.1, 0.15) is 28.7 Å². The van der Waals surface area contributed by atoms with Gasteiger partial charge in [0.1, 0.15) is 5.01 Å². The highest BCUT2D eigenvalue weighted by Crippen LogP contribution is 2.29. The molecule has 6 heteroatoms. The van der Waals surface area contributed by atoms with E-state index in [-0.39, 0.29) is 0 Å². The fourth-order valence-electron chi connectivity index (χ4n) is 2.46. The number of aromatic nitrogens is 4. The van der Waals surface area contributed by atoms with E-state index in [2.05, 4.69) is 27.4 Å². The lowest BCUT2D eigenvalue weighted by atomic mass is 10.1. The zero-order valence-corrected chi connectivity index (χ0v) is 11.7. The number of nitrogens with zero attached hydrogens (tertiary/aromatic N) is 4. The van der Waals surface area contributed by atoms with Gasteiger partial charge in [-0.15, -0.1) is 10.2 Å². The maximum absolute atomic E-state index is 5.43. The first-order chi connectivity index (χ1) is 9.90. The van der Waals surface area contributed by atoms with E-state index in [4.69, 9.17) is 4.74 Å². The second-order valence-electron chi connectivity index (χ2n) is 4.97. The molecule has 0 radical (unpaired) electrons. The minimum Gasteiger partial charge on any atom is -0.381 e. The number of hydrogen-bond donors (Lipinski definition) is 0. The smallest absolute Gasteiger partial charge is 0.234 e. The van der Waals surface area contributed by atoms with Crippen molar-refractivity contribution in [1.82, 2.24) is 19.8 Å². The van der Waals surface area contributed by atoms with Crippen LogP contribution in [-0.2, 0) is 11.2 Å². The Balaban J connectivity index is 1.66. The van der Waals surface area contributed by atoms with E-state index in [9.17, 15) is 0 Å². The molecule has 4 rings (SSSR count). The van der Waals surface area contributed by atoms with Crippen molar-refractivity contribution in [2.24, 2.45) is 0 Å². The maximum atomic E-state index is 5.43. The molecule has 102 valence electrons. The van der Waals surface area contributed by atoms with Gasteiger partial charge in [0, 0.05) is 18.9 Å². The minimum absolute atomic E-state index is 0.422. The molecule has 0 N–H and O–H groups in total. The van der Waals surface area contributed by atoms with Gasteiger partial charge in [0.2, 0.25) is 4.96 Å². The van der Waals surface area contributed by atoms with E-state index in [0.29, 0.717) is 5.92 Å². The Bertz CT molecular complexity index is 715. The van der Waals surface area contributed by atoms with Crippen molar-refractivity contribution < 1.29 is 4.74 Å². The van der Waals surface area contributed by atoms with E-state index < -0.39 is 0 Å². The minimum atomic E-state index is 0.422. The van der Waals surface area contributed by atoms with Gasteiger partial charge in [-0.2, -0.15) is 9.61 Å². The molecule has 3 aromatic rings. The zero-order chi connectivity index (χ0) is 13.4. The fraction of sp³-hybridized carbons (Fsp3) is 0.357. The lowest BCUT2D eigenvalue weighted by Gasteiger charge is -2.00. The summed E-state index contributed by atoms with van der Waals surface area (Å²) in [6.07, 6.45) is 1.81. The molecule has 0 bridgehead atoms. The Labute approximate surface area is 120 Å². The molecule has 5 nitrogen and oxygen atoms in total. The van der Waals surface area contributed by atoms with Gasteiger partial charge in [-0.05, 0) is 12.0 Å². The van der Waals surface area contributed by atoms with Crippen LogP contribution in [0.15, 0.2) is 30.3 Å². The number of hydrogen-bond acceptors (Lipinski definition) is 5. The molecule has 1 atom stereocenters. The quantitative estimate of drug-likeness (QED) is 0.741. The first-order valence-corrected chi connectivity index (χ1v) is 7.54. The van der Waals surface area contributed by atoms with E-state index in [0.717, 1.165) is 41.8 Å². The molecule has 0 saturated carbocycles. The Morgan fingerprint density at radius 1 is 1.25 bits per heavy atom. The SMILES string of the molecule is c1ccc(Cc2nnc3sc([C@H]4CCOC4)nn23)cc1. The molecular weight excluding hydrogens is 272 g/mol. The predicted molar refractivity (Wildman–Crippen MR) is 76.1 cm³/mol. The number of ether oxygens (including phenoxy) is 1. The molecule has 1 fully saturated rings. The average Bonchev–Trinajstić information content (AvgIpc) is 3.17. The third kappa shape index (κ3) is 2.10. The second-order valence-corrected chi connectivity index (χ2v) is 5.96. The van der Waals surface area contributed by atoms with Gasteiger partial charge < -0.3 is 4.74 Å². The number of rotatable bonds is 3. The summed E-state index contributed by atoms with van der Waals surface area (Å²) >= 11 is 1.62. The molecule has 1 aliphatic rings. The molecule has 3 heterocycles. The van der Waals surface area contributed by atoms with Crippen LogP contribution >= 0.6 is 11.3 Å². The van der Waals surface area contributed by atoms with Gasteiger partial charge in [-0.3, -0.25) is 0 Å². The highest BCUT2D eigenvalue weighted by molar-refractivity contribution is 7.16.